The molecule has 2 aromatic carbocycles. The zero-order valence-corrected chi connectivity index (χ0v) is 18.7. The van der Waals surface area contributed by atoms with Gasteiger partial charge in [-0.2, -0.15) is 0 Å². The summed E-state index contributed by atoms with van der Waals surface area (Å²) in [5.41, 5.74) is 3.59. The van der Waals surface area contributed by atoms with Crippen molar-refractivity contribution >= 4 is 20.6 Å². The molecule has 162 valence electrons. The normalized spacial score (nSPS) is 18.6. The molecule has 5 nitrogen and oxygen atoms in total. The smallest absolute Gasteiger partial charge is 0.258 e. The van der Waals surface area contributed by atoms with Gasteiger partial charge in [-0.1, -0.05) is 31.2 Å². The highest BCUT2D eigenvalue weighted by Gasteiger charge is 2.36. The Hall–Kier alpha value is -2.60. The van der Waals surface area contributed by atoms with Crippen LogP contribution in [0.1, 0.15) is 37.3 Å². The molecule has 1 saturated carbocycles. The van der Waals surface area contributed by atoms with Gasteiger partial charge < -0.3 is 9.30 Å². The number of pyridine rings is 1. The zero-order chi connectivity index (χ0) is 21.8. The van der Waals surface area contributed by atoms with Crippen LogP contribution in [-0.4, -0.2) is 24.8 Å². The van der Waals surface area contributed by atoms with Crippen LogP contribution in [0.25, 0.3) is 21.9 Å². The Morgan fingerprint density at radius 2 is 1.81 bits per heavy atom. The summed E-state index contributed by atoms with van der Waals surface area (Å²) < 4.78 is 32.9. The van der Waals surface area contributed by atoms with Crippen molar-refractivity contribution < 1.29 is 13.2 Å². The predicted molar refractivity (Wildman–Crippen MR) is 123 cm³/mol. The lowest BCUT2D eigenvalue weighted by atomic mass is 9.91. The summed E-state index contributed by atoms with van der Waals surface area (Å²) in [4.78, 5) is 12.7. The fourth-order valence-electron chi connectivity index (χ4n) is 4.66. The molecule has 1 aliphatic carbocycles. The first-order valence-corrected chi connectivity index (χ1v) is 12.8. The van der Waals surface area contributed by atoms with E-state index in [1.807, 2.05) is 42.6 Å². The van der Waals surface area contributed by atoms with Crippen molar-refractivity contribution in [3.8, 4) is 16.9 Å². The minimum absolute atomic E-state index is 0.0134. The minimum Gasteiger partial charge on any atom is -0.489 e. The maximum Gasteiger partial charge on any atom is 0.258 e. The number of hydrogen-bond donors (Lipinski definition) is 0. The van der Waals surface area contributed by atoms with Gasteiger partial charge in [0.1, 0.15) is 11.9 Å². The number of aromatic nitrogens is 1. The summed E-state index contributed by atoms with van der Waals surface area (Å²) in [7, 11) is -1.41. The van der Waals surface area contributed by atoms with Gasteiger partial charge in [0.05, 0.1) is 5.75 Å². The zero-order valence-electron chi connectivity index (χ0n) is 17.9. The van der Waals surface area contributed by atoms with Crippen molar-refractivity contribution in [2.75, 3.05) is 5.75 Å². The van der Waals surface area contributed by atoms with Crippen LogP contribution in [0.3, 0.4) is 0 Å². The van der Waals surface area contributed by atoms with Crippen molar-refractivity contribution in [1.82, 2.24) is 4.57 Å². The third kappa shape index (κ3) is 3.78. The Kier molecular flexibility index (Phi) is 4.93. The molecule has 2 aliphatic rings. The Bertz CT molecular complexity index is 1340. The van der Waals surface area contributed by atoms with E-state index in [0.29, 0.717) is 11.3 Å². The largest absolute Gasteiger partial charge is 0.489 e. The number of rotatable bonds is 5. The third-order valence-electron chi connectivity index (χ3n) is 6.55. The van der Waals surface area contributed by atoms with Crippen molar-refractivity contribution in [2.45, 2.75) is 44.5 Å². The number of sulfone groups is 1. The van der Waals surface area contributed by atoms with Crippen LogP contribution in [0, 0.1) is 5.92 Å². The van der Waals surface area contributed by atoms with Gasteiger partial charge in [0.2, 0.25) is 0 Å². The second-order valence-corrected chi connectivity index (χ2v) is 11.2. The summed E-state index contributed by atoms with van der Waals surface area (Å²) in [6, 6.07) is 11.5. The Morgan fingerprint density at radius 1 is 1.06 bits per heavy atom. The Balaban J connectivity index is 1.74. The maximum atomic E-state index is 12.7. The Morgan fingerprint density at radius 3 is 2.52 bits per heavy atom. The molecule has 1 fully saturated rings. The second-order valence-electron chi connectivity index (χ2n) is 8.85. The van der Waals surface area contributed by atoms with Crippen molar-refractivity contribution in [3.05, 3.63) is 64.1 Å². The van der Waals surface area contributed by atoms with Crippen LogP contribution in [0.5, 0.6) is 5.75 Å². The van der Waals surface area contributed by atoms with E-state index in [0.717, 1.165) is 46.2 Å². The molecular formula is C25H27NO4S. The first kappa shape index (κ1) is 20.3. The van der Waals surface area contributed by atoms with Gasteiger partial charge in [0.15, 0.2) is 9.84 Å². The topological polar surface area (TPSA) is 65.4 Å². The first-order valence-electron chi connectivity index (χ1n) is 11.0. The van der Waals surface area contributed by atoms with Gasteiger partial charge in [-0.3, -0.25) is 4.79 Å². The fraction of sp³-hybridized carbons (Fsp3) is 0.400. The number of benzene rings is 2. The monoisotopic (exact) mass is 437 g/mol. The number of ether oxygens (including phenoxy) is 1. The van der Waals surface area contributed by atoms with Crippen LogP contribution >= 0.6 is 0 Å². The van der Waals surface area contributed by atoms with Gasteiger partial charge in [-0.15, -0.1) is 0 Å². The average Bonchev–Trinajstić information content (AvgIpc) is 3.61. The SMILES string of the molecule is CCS(=O)(=O)Cc1cc2c(c(-c3cn(C)c(=O)c4ccccc34)c1)OC(C1CC1)CC2. The molecule has 5 rings (SSSR count). The van der Waals surface area contributed by atoms with E-state index in [1.54, 1.807) is 18.5 Å². The van der Waals surface area contributed by atoms with E-state index >= 15 is 0 Å². The molecule has 3 aromatic rings. The number of fused-ring (bicyclic) bond motifs is 2. The van der Waals surface area contributed by atoms with Gasteiger partial charge in [-0.25, -0.2) is 8.42 Å². The molecule has 1 atom stereocenters. The van der Waals surface area contributed by atoms with Crippen molar-refractivity contribution in [2.24, 2.45) is 13.0 Å². The fourth-order valence-corrected chi connectivity index (χ4v) is 5.54. The molecule has 0 amide bonds. The number of hydrogen-bond acceptors (Lipinski definition) is 4. The predicted octanol–water partition coefficient (Wildman–Crippen LogP) is 4.24. The summed E-state index contributed by atoms with van der Waals surface area (Å²) in [5, 5.41) is 1.51. The highest BCUT2D eigenvalue weighted by Crippen LogP contribution is 2.45. The molecule has 0 saturated heterocycles. The summed E-state index contributed by atoms with van der Waals surface area (Å²) in [5.74, 6) is 1.60. The van der Waals surface area contributed by atoms with E-state index in [1.165, 1.54) is 12.8 Å². The third-order valence-corrected chi connectivity index (χ3v) is 8.20. The molecule has 6 heteroatoms. The molecule has 1 aliphatic heterocycles. The van der Waals surface area contributed by atoms with Crippen molar-refractivity contribution in [3.63, 3.8) is 0 Å². The van der Waals surface area contributed by atoms with E-state index in [-0.39, 0.29) is 23.2 Å². The van der Waals surface area contributed by atoms with Crippen LogP contribution in [-0.2, 0) is 29.1 Å². The molecule has 0 spiro atoms. The van der Waals surface area contributed by atoms with E-state index < -0.39 is 9.84 Å². The molecule has 1 unspecified atom stereocenters. The maximum absolute atomic E-state index is 12.7. The molecule has 0 N–H and O–H groups in total. The molecular weight excluding hydrogens is 410 g/mol. The van der Waals surface area contributed by atoms with Crippen LogP contribution in [0.2, 0.25) is 0 Å². The van der Waals surface area contributed by atoms with Gasteiger partial charge in [0.25, 0.3) is 5.56 Å². The van der Waals surface area contributed by atoms with Gasteiger partial charge in [0, 0.05) is 35.5 Å². The lowest BCUT2D eigenvalue weighted by Gasteiger charge is -2.29. The van der Waals surface area contributed by atoms with E-state index in [4.69, 9.17) is 4.74 Å². The Labute approximate surface area is 182 Å². The molecule has 1 aromatic heterocycles. The van der Waals surface area contributed by atoms with E-state index in [2.05, 4.69) is 0 Å². The number of aryl methyl sites for hydroxylation is 2. The van der Waals surface area contributed by atoms with Crippen LogP contribution < -0.4 is 10.3 Å². The summed E-state index contributed by atoms with van der Waals surface area (Å²) >= 11 is 0. The van der Waals surface area contributed by atoms with E-state index in [9.17, 15) is 13.2 Å². The second kappa shape index (κ2) is 7.52. The summed E-state index contributed by atoms with van der Waals surface area (Å²) in [6.45, 7) is 1.68. The van der Waals surface area contributed by atoms with Crippen LogP contribution in [0.4, 0.5) is 0 Å². The van der Waals surface area contributed by atoms with Gasteiger partial charge in [-0.05, 0) is 60.2 Å². The molecule has 31 heavy (non-hydrogen) atoms. The lowest BCUT2D eigenvalue weighted by molar-refractivity contribution is 0.152. The molecule has 0 radical (unpaired) electrons. The standard InChI is InChI=1S/C25H27NO4S/c1-3-31(28,29)15-16-12-18-10-11-23(17-8-9-17)30-24(18)21(13-16)22-14-26(2)25(27)20-7-5-4-6-19(20)22/h4-7,12-14,17,23H,3,8-11,15H2,1-2H3. The quantitative estimate of drug-likeness (QED) is 0.599. The summed E-state index contributed by atoms with van der Waals surface area (Å²) in [6.07, 6.45) is 6.34. The minimum atomic E-state index is -3.17. The first-order chi connectivity index (χ1) is 14.9. The highest BCUT2D eigenvalue weighted by molar-refractivity contribution is 7.90. The average molecular weight is 438 g/mol. The van der Waals surface area contributed by atoms with Crippen LogP contribution in [0.15, 0.2) is 47.4 Å². The molecule has 0 bridgehead atoms. The van der Waals surface area contributed by atoms with Crippen molar-refractivity contribution in [1.29, 1.82) is 0 Å². The molecule has 2 heterocycles. The van der Waals surface area contributed by atoms with Gasteiger partial charge >= 0.3 is 0 Å². The highest BCUT2D eigenvalue weighted by atomic mass is 32.2. The lowest BCUT2D eigenvalue weighted by Crippen LogP contribution is -2.25. The number of nitrogens with zero attached hydrogens (tertiary/aromatic N) is 1.